The van der Waals surface area contributed by atoms with Gasteiger partial charge >= 0.3 is 6.09 Å². The molecule has 4 aliphatic rings. The van der Waals surface area contributed by atoms with E-state index in [1.165, 1.54) is 11.1 Å². The molecule has 2 bridgehead atoms. The number of hydrogen-bond donors (Lipinski definition) is 1. The zero-order chi connectivity index (χ0) is 18.4. The van der Waals surface area contributed by atoms with E-state index in [9.17, 15) is 9.90 Å². The molecule has 0 spiro atoms. The highest BCUT2D eigenvalue weighted by Crippen LogP contribution is 2.52. The fraction of sp³-hybridized carbons (Fsp3) is 0.455. The lowest BCUT2D eigenvalue weighted by Crippen LogP contribution is -2.64. The van der Waals surface area contributed by atoms with Gasteiger partial charge in [0.05, 0.1) is 0 Å². The molecule has 5 nitrogen and oxygen atoms in total. The molecule has 0 aliphatic carbocycles. The van der Waals surface area contributed by atoms with Gasteiger partial charge in [-0.2, -0.15) is 0 Å². The molecule has 0 radical (unpaired) electrons. The molecule has 1 aromatic heterocycles. The van der Waals surface area contributed by atoms with E-state index in [-0.39, 0.29) is 5.92 Å². The molecule has 1 N–H and O–H groups in total. The van der Waals surface area contributed by atoms with Crippen LogP contribution in [0.3, 0.4) is 0 Å². The highest BCUT2D eigenvalue weighted by atomic mass is 16.4. The van der Waals surface area contributed by atoms with E-state index in [0.717, 1.165) is 44.5 Å². The Morgan fingerprint density at radius 1 is 1.07 bits per heavy atom. The van der Waals surface area contributed by atoms with Crippen molar-refractivity contribution < 1.29 is 9.90 Å². The Bertz CT molecular complexity index is 848. The molecule has 140 valence electrons. The lowest BCUT2D eigenvalue weighted by atomic mass is 9.60. The second-order valence-corrected chi connectivity index (χ2v) is 8.09. The predicted octanol–water partition coefficient (Wildman–Crippen LogP) is 3.20. The van der Waals surface area contributed by atoms with Crippen LogP contribution in [0, 0.1) is 11.8 Å². The maximum Gasteiger partial charge on any atom is 0.408 e. The smallest absolute Gasteiger partial charge is 0.408 e. The SMILES string of the molecule is O=C(O)N1CCc2ccccc2C1(c1ccncc1)C1CN2CCC1CC2. The summed E-state index contributed by atoms with van der Waals surface area (Å²) >= 11 is 0. The Morgan fingerprint density at radius 2 is 1.81 bits per heavy atom. The molecule has 5 heteroatoms. The number of aromatic nitrogens is 1. The summed E-state index contributed by atoms with van der Waals surface area (Å²) in [5.74, 6) is 0.816. The van der Waals surface area contributed by atoms with E-state index in [1.54, 1.807) is 17.3 Å². The van der Waals surface area contributed by atoms with Crippen LogP contribution < -0.4 is 0 Å². The van der Waals surface area contributed by atoms with Crippen LogP contribution in [0.4, 0.5) is 4.79 Å². The minimum Gasteiger partial charge on any atom is -0.465 e. The van der Waals surface area contributed by atoms with Crippen LogP contribution in [-0.2, 0) is 12.0 Å². The molecule has 27 heavy (non-hydrogen) atoms. The molecule has 4 aliphatic heterocycles. The van der Waals surface area contributed by atoms with Gasteiger partial charge in [-0.3, -0.25) is 9.88 Å². The molecule has 3 fully saturated rings. The van der Waals surface area contributed by atoms with Gasteiger partial charge in [0.1, 0.15) is 5.54 Å². The van der Waals surface area contributed by atoms with E-state index in [0.29, 0.717) is 12.5 Å². The van der Waals surface area contributed by atoms with Crippen LogP contribution in [-0.4, -0.2) is 52.2 Å². The summed E-state index contributed by atoms with van der Waals surface area (Å²) in [6, 6.07) is 12.5. The second-order valence-electron chi connectivity index (χ2n) is 8.09. The fourth-order valence-electron chi connectivity index (χ4n) is 5.88. The number of fused-ring (bicyclic) bond motifs is 4. The molecular weight excluding hydrogens is 338 g/mol. The van der Waals surface area contributed by atoms with Crippen molar-refractivity contribution in [2.24, 2.45) is 11.8 Å². The van der Waals surface area contributed by atoms with Gasteiger partial charge in [0, 0.05) is 31.4 Å². The average molecular weight is 363 g/mol. The lowest BCUT2D eigenvalue weighted by molar-refractivity contribution is -0.0422. The monoisotopic (exact) mass is 363 g/mol. The quantitative estimate of drug-likeness (QED) is 0.890. The summed E-state index contributed by atoms with van der Waals surface area (Å²) in [7, 11) is 0. The number of carbonyl (C=O) groups is 1. The van der Waals surface area contributed by atoms with Gasteiger partial charge < -0.3 is 10.0 Å². The third-order valence-electron chi connectivity index (χ3n) is 7.00. The number of pyridine rings is 1. The maximum absolute atomic E-state index is 12.5. The first kappa shape index (κ1) is 16.8. The topological polar surface area (TPSA) is 56.7 Å². The van der Waals surface area contributed by atoms with Crippen molar-refractivity contribution in [2.75, 3.05) is 26.2 Å². The number of carboxylic acid groups (broad SMARTS) is 1. The second kappa shape index (κ2) is 6.34. The summed E-state index contributed by atoms with van der Waals surface area (Å²) in [4.78, 5) is 21.0. The van der Waals surface area contributed by atoms with Gasteiger partial charge in [0.15, 0.2) is 0 Å². The number of nitrogens with zero attached hydrogens (tertiary/aromatic N) is 3. The number of rotatable bonds is 2. The third-order valence-corrected chi connectivity index (χ3v) is 7.00. The van der Waals surface area contributed by atoms with Gasteiger partial charge in [-0.25, -0.2) is 4.79 Å². The zero-order valence-corrected chi connectivity index (χ0v) is 15.4. The molecule has 0 saturated carbocycles. The highest BCUT2D eigenvalue weighted by molar-refractivity contribution is 5.69. The molecule has 2 unspecified atom stereocenters. The standard InChI is InChI=1S/C22H25N3O2/c26-21(27)25-14-9-16-3-1-2-4-19(16)22(25,18-5-10-23-11-6-18)20-15-24-12-7-17(20)8-13-24/h1-6,10-11,17,20H,7-9,12-15H2,(H,26,27). The van der Waals surface area contributed by atoms with E-state index < -0.39 is 11.6 Å². The molecular formula is C22H25N3O2. The Balaban J connectivity index is 1.79. The van der Waals surface area contributed by atoms with Crippen molar-refractivity contribution in [2.45, 2.75) is 24.8 Å². The summed E-state index contributed by atoms with van der Waals surface area (Å²) < 4.78 is 0. The van der Waals surface area contributed by atoms with Crippen LogP contribution >= 0.6 is 0 Å². The minimum absolute atomic E-state index is 0.264. The van der Waals surface area contributed by atoms with Crippen molar-refractivity contribution in [1.29, 1.82) is 0 Å². The molecule has 6 rings (SSSR count). The van der Waals surface area contributed by atoms with Crippen molar-refractivity contribution in [3.63, 3.8) is 0 Å². The van der Waals surface area contributed by atoms with Crippen molar-refractivity contribution in [3.8, 4) is 0 Å². The third kappa shape index (κ3) is 2.41. The summed E-state index contributed by atoms with van der Waals surface area (Å²) in [5.41, 5.74) is 2.88. The Morgan fingerprint density at radius 3 is 2.48 bits per heavy atom. The number of hydrogen-bond acceptors (Lipinski definition) is 3. The lowest BCUT2D eigenvalue weighted by Gasteiger charge is -2.58. The van der Waals surface area contributed by atoms with Crippen molar-refractivity contribution in [3.05, 3.63) is 65.5 Å². The predicted molar refractivity (Wildman–Crippen MR) is 103 cm³/mol. The van der Waals surface area contributed by atoms with Gasteiger partial charge in [0.2, 0.25) is 0 Å². The van der Waals surface area contributed by atoms with E-state index in [2.05, 4.69) is 34.1 Å². The molecule has 2 aromatic rings. The van der Waals surface area contributed by atoms with E-state index >= 15 is 0 Å². The van der Waals surface area contributed by atoms with Gasteiger partial charge in [-0.05, 0) is 67.1 Å². The molecule has 3 saturated heterocycles. The Kier molecular flexibility index (Phi) is 3.93. The minimum atomic E-state index is -0.822. The van der Waals surface area contributed by atoms with Crippen molar-refractivity contribution in [1.82, 2.24) is 14.8 Å². The summed E-state index contributed by atoms with van der Waals surface area (Å²) in [5, 5.41) is 10.3. The van der Waals surface area contributed by atoms with Crippen LogP contribution in [0.25, 0.3) is 0 Å². The fourth-order valence-corrected chi connectivity index (χ4v) is 5.88. The van der Waals surface area contributed by atoms with E-state index in [1.807, 2.05) is 12.1 Å². The first-order valence-electron chi connectivity index (χ1n) is 9.93. The van der Waals surface area contributed by atoms with Gasteiger partial charge in [-0.1, -0.05) is 24.3 Å². The Hall–Kier alpha value is -2.40. The molecule has 5 heterocycles. The van der Waals surface area contributed by atoms with E-state index in [4.69, 9.17) is 0 Å². The molecule has 1 aromatic carbocycles. The summed E-state index contributed by atoms with van der Waals surface area (Å²) in [6.07, 6.45) is 5.87. The molecule has 1 amide bonds. The van der Waals surface area contributed by atoms with Crippen LogP contribution in [0.1, 0.15) is 29.5 Å². The van der Waals surface area contributed by atoms with Gasteiger partial charge in [0.25, 0.3) is 0 Å². The van der Waals surface area contributed by atoms with Gasteiger partial charge in [-0.15, -0.1) is 0 Å². The largest absolute Gasteiger partial charge is 0.465 e. The number of amides is 1. The first-order valence-corrected chi connectivity index (χ1v) is 9.93. The normalized spacial score (nSPS) is 32.1. The van der Waals surface area contributed by atoms with Crippen LogP contribution in [0.15, 0.2) is 48.8 Å². The zero-order valence-electron chi connectivity index (χ0n) is 15.4. The first-order chi connectivity index (χ1) is 13.2. The van der Waals surface area contributed by atoms with Crippen LogP contribution in [0.2, 0.25) is 0 Å². The van der Waals surface area contributed by atoms with Crippen LogP contribution in [0.5, 0.6) is 0 Å². The Labute approximate surface area is 159 Å². The summed E-state index contributed by atoms with van der Waals surface area (Å²) in [6.45, 7) is 3.79. The number of benzene rings is 1. The maximum atomic E-state index is 12.5. The average Bonchev–Trinajstić information content (AvgIpc) is 2.74. The van der Waals surface area contributed by atoms with Crippen molar-refractivity contribution >= 4 is 6.09 Å². The molecule has 2 atom stereocenters. The number of piperidine rings is 3. The highest BCUT2D eigenvalue weighted by Gasteiger charge is 2.56.